The first-order valence-corrected chi connectivity index (χ1v) is 10.1. The molecule has 4 rings (SSSR count). The number of amides is 1. The summed E-state index contributed by atoms with van der Waals surface area (Å²) in [6.45, 7) is 8.29. The fourth-order valence-electron chi connectivity index (χ4n) is 3.44. The molecular formula is C21H27N5O3. The lowest BCUT2D eigenvalue weighted by Crippen LogP contribution is -2.48. The highest BCUT2D eigenvalue weighted by Crippen LogP contribution is 2.32. The third-order valence-electron chi connectivity index (χ3n) is 5.37. The molecule has 2 aliphatic heterocycles. The van der Waals surface area contributed by atoms with Crippen LogP contribution < -0.4 is 14.8 Å². The molecule has 154 valence electrons. The predicted molar refractivity (Wildman–Crippen MR) is 109 cm³/mol. The van der Waals surface area contributed by atoms with Gasteiger partial charge in [0.15, 0.2) is 11.5 Å². The van der Waals surface area contributed by atoms with Gasteiger partial charge in [-0.15, -0.1) is 0 Å². The van der Waals surface area contributed by atoms with Crippen molar-refractivity contribution >= 4 is 11.9 Å². The molecule has 0 spiro atoms. The highest BCUT2D eigenvalue weighted by molar-refractivity contribution is 5.92. The summed E-state index contributed by atoms with van der Waals surface area (Å²) >= 11 is 0. The van der Waals surface area contributed by atoms with E-state index in [0.717, 1.165) is 37.6 Å². The summed E-state index contributed by atoms with van der Waals surface area (Å²) in [5.74, 6) is 2.08. The summed E-state index contributed by atoms with van der Waals surface area (Å²) in [6.07, 6.45) is 2.60. The van der Waals surface area contributed by atoms with E-state index in [4.69, 9.17) is 9.47 Å². The third kappa shape index (κ3) is 4.59. The van der Waals surface area contributed by atoms with Gasteiger partial charge >= 0.3 is 0 Å². The van der Waals surface area contributed by atoms with E-state index in [1.54, 1.807) is 12.3 Å². The Labute approximate surface area is 170 Å². The minimum absolute atomic E-state index is 0.0395. The molecule has 29 heavy (non-hydrogen) atoms. The number of rotatable bonds is 6. The minimum Gasteiger partial charge on any atom is -0.454 e. The van der Waals surface area contributed by atoms with E-state index in [1.165, 1.54) is 5.56 Å². The Morgan fingerprint density at radius 1 is 1.17 bits per heavy atom. The number of aromatic nitrogens is 2. The average molecular weight is 397 g/mol. The summed E-state index contributed by atoms with van der Waals surface area (Å²) in [5, 5.41) is 3.22. The van der Waals surface area contributed by atoms with Crippen LogP contribution in [0.5, 0.6) is 11.5 Å². The average Bonchev–Trinajstić information content (AvgIpc) is 3.22. The molecule has 2 aliphatic rings. The summed E-state index contributed by atoms with van der Waals surface area (Å²) in [7, 11) is 0. The van der Waals surface area contributed by atoms with Crippen LogP contribution in [-0.2, 0) is 6.54 Å². The predicted octanol–water partition coefficient (Wildman–Crippen LogP) is 2.37. The van der Waals surface area contributed by atoms with Gasteiger partial charge in [-0.1, -0.05) is 13.0 Å². The van der Waals surface area contributed by atoms with Crippen molar-refractivity contribution in [2.45, 2.75) is 32.9 Å². The zero-order valence-corrected chi connectivity index (χ0v) is 16.9. The molecule has 0 saturated carbocycles. The van der Waals surface area contributed by atoms with Gasteiger partial charge in [-0.3, -0.25) is 9.69 Å². The van der Waals surface area contributed by atoms with Crippen LogP contribution >= 0.6 is 0 Å². The van der Waals surface area contributed by atoms with Crippen LogP contribution in [0.1, 0.15) is 36.3 Å². The number of piperazine rings is 1. The van der Waals surface area contributed by atoms with Gasteiger partial charge in [-0.2, -0.15) is 0 Å². The first-order valence-electron chi connectivity index (χ1n) is 10.1. The van der Waals surface area contributed by atoms with Crippen LogP contribution in [0.2, 0.25) is 0 Å². The van der Waals surface area contributed by atoms with E-state index >= 15 is 0 Å². The molecule has 1 atom stereocenters. The van der Waals surface area contributed by atoms with Gasteiger partial charge in [0.1, 0.15) is 5.69 Å². The number of carbonyl (C=O) groups excluding carboxylic acids is 1. The van der Waals surface area contributed by atoms with Crippen molar-refractivity contribution < 1.29 is 14.3 Å². The number of nitrogens with zero attached hydrogens (tertiary/aromatic N) is 4. The van der Waals surface area contributed by atoms with Gasteiger partial charge in [0.25, 0.3) is 5.91 Å². The van der Waals surface area contributed by atoms with Crippen LogP contribution in [0.3, 0.4) is 0 Å². The van der Waals surface area contributed by atoms with E-state index in [1.807, 2.05) is 17.0 Å². The van der Waals surface area contributed by atoms with Crippen LogP contribution in [0.15, 0.2) is 30.5 Å². The first-order chi connectivity index (χ1) is 14.1. The van der Waals surface area contributed by atoms with Crippen molar-refractivity contribution in [2.24, 2.45) is 0 Å². The molecular weight excluding hydrogens is 370 g/mol. The van der Waals surface area contributed by atoms with E-state index < -0.39 is 0 Å². The second kappa shape index (κ2) is 8.65. The normalized spacial score (nSPS) is 17.2. The van der Waals surface area contributed by atoms with Crippen molar-refractivity contribution in [1.82, 2.24) is 19.8 Å². The first kappa shape index (κ1) is 19.4. The van der Waals surface area contributed by atoms with Gasteiger partial charge in [0.2, 0.25) is 12.7 Å². The van der Waals surface area contributed by atoms with E-state index in [-0.39, 0.29) is 18.7 Å². The van der Waals surface area contributed by atoms with Crippen molar-refractivity contribution in [2.75, 3.05) is 38.3 Å². The Kier molecular flexibility index (Phi) is 5.80. The van der Waals surface area contributed by atoms with E-state index in [2.05, 4.69) is 40.1 Å². The van der Waals surface area contributed by atoms with Crippen LogP contribution in [0, 0.1) is 0 Å². The topological polar surface area (TPSA) is 79.8 Å². The van der Waals surface area contributed by atoms with Crippen molar-refractivity contribution in [3.05, 3.63) is 41.7 Å². The largest absolute Gasteiger partial charge is 0.454 e. The maximum absolute atomic E-state index is 12.9. The van der Waals surface area contributed by atoms with Crippen LogP contribution in [-0.4, -0.2) is 64.7 Å². The molecule has 1 amide bonds. The Hall–Kier alpha value is -2.87. The maximum atomic E-state index is 12.9. The van der Waals surface area contributed by atoms with Crippen molar-refractivity contribution in [3.8, 4) is 11.5 Å². The second-order valence-corrected chi connectivity index (χ2v) is 7.48. The summed E-state index contributed by atoms with van der Waals surface area (Å²) in [6, 6.07) is 8.01. The quantitative estimate of drug-likeness (QED) is 0.802. The molecule has 1 unspecified atom stereocenters. The lowest BCUT2D eigenvalue weighted by atomic mass is 10.1. The fourth-order valence-corrected chi connectivity index (χ4v) is 3.44. The zero-order chi connectivity index (χ0) is 20.2. The number of carbonyl (C=O) groups is 1. The number of ether oxygens (including phenoxy) is 2. The smallest absolute Gasteiger partial charge is 0.272 e. The zero-order valence-electron chi connectivity index (χ0n) is 16.9. The maximum Gasteiger partial charge on any atom is 0.272 e. The highest BCUT2D eigenvalue weighted by Gasteiger charge is 2.24. The Balaban J connectivity index is 1.32. The van der Waals surface area contributed by atoms with Gasteiger partial charge < -0.3 is 19.7 Å². The third-order valence-corrected chi connectivity index (χ3v) is 5.37. The lowest BCUT2D eigenvalue weighted by molar-refractivity contribution is 0.0622. The number of hydrogen-bond acceptors (Lipinski definition) is 7. The number of anilines is 1. The lowest BCUT2D eigenvalue weighted by Gasteiger charge is -2.34. The summed E-state index contributed by atoms with van der Waals surface area (Å²) < 4.78 is 10.8. The highest BCUT2D eigenvalue weighted by atomic mass is 16.7. The molecule has 8 nitrogen and oxygen atoms in total. The van der Waals surface area contributed by atoms with Gasteiger partial charge in [0, 0.05) is 45.0 Å². The molecule has 0 aliphatic carbocycles. The molecule has 2 aromatic rings. The van der Waals surface area contributed by atoms with Crippen LogP contribution in [0.4, 0.5) is 5.95 Å². The molecule has 1 aromatic carbocycles. The molecule has 3 heterocycles. The molecule has 1 saturated heterocycles. The SMILES string of the molecule is CCC(C)Nc1nccc(C(=O)N2CCN(Cc3ccc4c(c3)OCO4)CC2)n1. The molecule has 0 radical (unpaired) electrons. The Bertz CT molecular complexity index is 867. The Morgan fingerprint density at radius 3 is 2.76 bits per heavy atom. The molecule has 1 fully saturated rings. The molecule has 8 heteroatoms. The monoisotopic (exact) mass is 397 g/mol. The number of benzene rings is 1. The van der Waals surface area contributed by atoms with E-state index in [0.29, 0.717) is 24.7 Å². The van der Waals surface area contributed by atoms with Gasteiger partial charge in [-0.25, -0.2) is 9.97 Å². The molecule has 1 aromatic heterocycles. The van der Waals surface area contributed by atoms with Crippen LogP contribution in [0.25, 0.3) is 0 Å². The van der Waals surface area contributed by atoms with Gasteiger partial charge in [-0.05, 0) is 37.1 Å². The Morgan fingerprint density at radius 2 is 1.97 bits per heavy atom. The second-order valence-electron chi connectivity index (χ2n) is 7.48. The van der Waals surface area contributed by atoms with Crippen molar-refractivity contribution in [1.29, 1.82) is 0 Å². The molecule has 1 N–H and O–H groups in total. The summed E-state index contributed by atoms with van der Waals surface area (Å²) in [5.41, 5.74) is 1.63. The van der Waals surface area contributed by atoms with Crippen molar-refractivity contribution in [3.63, 3.8) is 0 Å². The number of fused-ring (bicyclic) bond motifs is 1. The van der Waals surface area contributed by atoms with Gasteiger partial charge in [0.05, 0.1) is 0 Å². The minimum atomic E-state index is -0.0395. The standard InChI is InChI=1S/C21H27N5O3/c1-3-15(2)23-21-22-7-6-17(24-21)20(27)26-10-8-25(9-11-26)13-16-4-5-18-19(12-16)29-14-28-18/h4-7,12,15H,3,8-11,13-14H2,1-2H3,(H,22,23,24). The number of nitrogens with one attached hydrogen (secondary N) is 1. The summed E-state index contributed by atoms with van der Waals surface area (Å²) in [4.78, 5) is 25.7. The molecule has 0 bridgehead atoms. The number of hydrogen-bond donors (Lipinski definition) is 1. The van der Waals surface area contributed by atoms with E-state index in [9.17, 15) is 4.79 Å². The fraction of sp³-hybridized carbons (Fsp3) is 0.476.